The highest BCUT2D eigenvalue weighted by Gasteiger charge is 2.45. The van der Waals surface area contributed by atoms with E-state index in [1.54, 1.807) is 55.5 Å². The van der Waals surface area contributed by atoms with Gasteiger partial charge in [0.1, 0.15) is 12.4 Å². The number of para-hydroxylation sites is 1. The fourth-order valence-electron chi connectivity index (χ4n) is 4.11. The second-order valence-corrected chi connectivity index (χ2v) is 8.65. The first kappa shape index (κ1) is 24.2. The highest BCUT2D eigenvalue weighted by atomic mass is 16.5. The van der Waals surface area contributed by atoms with Crippen LogP contribution in [-0.4, -0.2) is 45.3 Å². The van der Waals surface area contributed by atoms with Crippen molar-refractivity contribution in [3.8, 4) is 17.1 Å². The number of rotatable bonds is 9. The average Bonchev–Trinajstić information content (AvgIpc) is 3.38. The predicted molar refractivity (Wildman–Crippen MR) is 128 cm³/mol. The van der Waals surface area contributed by atoms with Gasteiger partial charge in [0.2, 0.25) is 11.7 Å². The zero-order valence-electron chi connectivity index (χ0n) is 19.8. The number of aryl methyl sites for hydroxylation is 1. The van der Waals surface area contributed by atoms with Crippen LogP contribution in [0.4, 0.5) is 5.69 Å². The van der Waals surface area contributed by atoms with E-state index in [1.807, 2.05) is 13.8 Å². The Labute approximate surface area is 202 Å². The maximum Gasteiger partial charge on any atom is 0.294 e. The number of aliphatic hydroxyl groups excluding tert-OH is 2. The van der Waals surface area contributed by atoms with Crippen molar-refractivity contribution in [2.24, 2.45) is 5.92 Å². The van der Waals surface area contributed by atoms with Gasteiger partial charge in [0.25, 0.3) is 5.91 Å². The van der Waals surface area contributed by atoms with Crippen molar-refractivity contribution in [2.45, 2.75) is 33.2 Å². The Hall–Kier alpha value is -3.98. The van der Waals surface area contributed by atoms with Crippen LogP contribution in [0.15, 0.2) is 64.4 Å². The number of benzene rings is 2. The number of ketones is 1. The van der Waals surface area contributed by atoms with Gasteiger partial charge >= 0.3 is 0 Å². The molecule has 0 radical (unpaired) electrons. The van der Waals surface area contributed by atoms with E-state index in [9.17, 15) is 19.8 Å². The summed E-state index contributed by atoms with van der Waals surface area (Å²) >= 11 is 0. The molecule has 1 atom stereocenters. The van der Waals surface area contributed by atoms with E-state index in [4.69, 9.17) is 9.26 Å². The Morgan fingerprint density at radius 3 is 2.51 bits per heavy atom. The quantitative estimate of drug-likeness (QED) is 0.475. The molecular formula is C26H27N3O6. The number of hydrogen-bond donors (Lipinski definition) is 2. The molecular weight excluding hydrogens is 450 g/mol. The fraction of sp³-hybridized carbons (Fsp3) is 0.308. The maximum atomic E-state index is 13.3. The SMILES string of the molecule is Cc1nc(-c2ccc(N3C(=O)C(O)=C(C(=O)CC(C)C)C3c3ccccc3OCCO)cc2)no1. The second-order valence-electron chi connectivity index (χ2n) is 8.65. The third-order valence-corrected chi connectivity index (χ3v) is 5.60. The van der Waals surface area contributed by atoms with Crippen LogP contribution in [-0.2, 0) is 9.59 Å². The van der Waals surface area contributed by atoms with Crippen LogP contribution in [0, 0.1) is 12.8 Å². The number of anilines is 1. The maximum absolute atomic E-state index is 13.3. The summed E-state index contributed by atoms with van der Waals surface area (Å²) in [5, 5.41) is 24.0. The minimum absolute atomic E-state index is 0.0293. The highest BCUT2D eigenvalue weighted by Crippen LogP contribution is 2.44. The van der Waals surface area contributed by atoms with Crippen molar-refractivity contribution in [2.75, 3.05) is 18.1 Å². The molecule has 1 aliphatic heterocycles. The normalized spacial score (nSPS) is 15.9. The third-order valence-electron chi connectivity index (χ3n) is 5.60. The Morgan fingerprint density at radius 2 is 1.89 bits per heavy atom. The van der Waals surface area contributed by atoms with Crippen molar-refractivity contribution in [3.05, 3.63) is 71.3 Å². The molecule has 4 rings (SSSR count). The molecule has 35 heavy (non-hydrogen) atoms. The van der Waals surface area contributed by atoms with Crippen LogP contribution in [0.2, 0.25) is 0 Å². The van der Waals surface area contributed by atoms with E-state index in [-0.39, 0.29) is 36.9 Å². The molecule has 0 bridgehead atoms. The average molecular weight is 478 g/mol. The van der Waals surface area contributed by atoms with Crippen LogP contribution in [0.25, 0.3) is 11.4 Å². The minimum Gasteiger partial charge on any atom is -0.503 e. The lowest BCUT2D eigenvalue weighted by Crippen LogP contribution is -2.31. The molecule has 0 aliphatic carbocycles. The number of aromatic nitrogens is 2. The number of aliphatic hydroxyl groups is 2. The Kier molecular flexibility index (Phi) is 6.97. The van der Waals surface area contributed by atoms with E-state index < -0.39 is 17.7 Å². The zero-order valence-corrected chi connectivity index (χ0v) is 19.8. The monoisotopic (exact) mass is 477 g/mol. The number of amides is 1. The lowest BCUT2D eigenvalue weighted by molar-refractivity contribution is -0.118. The number of ether oxygens (including phenoxy) is 1. The molecule has 3 aromatic rings. The molecule has 1 unspecified atom stereocenters. The zero-order chi connectivity index (χ0) is 25.1. The molecule has 182 valence electrons. The number of carbonyl (C=O) groups is 2. The first-order chi connectivity index (χ1) is 16.8. The first-order valence-corrected chi connectivity index (χ1v) is 11.3. The van der Waals surface area contributed by atoms with Crippen LogP contribution in [0.3, 0.4) is 0 Å². The summed E-state index contributed by atoms with van der Waals surface area (Å²) in [5.41, 5.74) is 1.72. The van der Waals surface area contributed by atoms with Crippen molar-refractivity contribution in [3.63, 3.8) is 0 Å². The number of hydrogen-bond acceptors (Lipinski definition) is 8. The van der Waals surface area contributed by atoms with Crippen LogP contribution >= 0.6 is 0 Å². The summed E-state index contributed by atoms with van der Waals surface area (Å²) in [5.74, 6) is -0.276. The highest BCUT2D eigenvalue weighted by molar-refractivity contribution is 6.16. The van der Waals surface area contributed by atoms with Gasteiger partial charge in [0, 0.05) is 30.2 Å². The molecule has 1 amide bonds. The van der Waals surface area contributed by atoms with Gasteiger partial charge < -0.3 is 19.5 Å². The molecule has 1 aliphatic rings. The molecule has 0 saturated heterocycles. The van der Waals surface area contributed by atoms with Gasteiger partial charge in [-0.2, -0.15) is 4.98 Å². The molecule has 9 nitrogen and oxygen atoms in total. The number of Topliss-reactive ketones (excluding diaryl/α,β-unsaturated/α-hetero) is 1. The standard InChI is InChI=1S/C26H27N3O6/c1-15(2)14-20(31)22-23(19-6-4-5-7-21(19)34-13-12-30)29(26(33)24(22)32)18-10-8-17(9-11-18)25-27-16(3)35-28-25/h4-11,15,23,30,32H,12-14H2,1-3H3. The predicted octanol–water partition coefficient (Wildman–Crippen LogP) is 3.93. The molecule has 2 aromatic carbocycles. The Bertz CT molecular complexity index is 1260. The summed E-state index contributed by atoms with van der Waals surface area (Å²) in [6.07, 6.45) is 0.173. The molecule has 0 fully saturated rings. The lowest BCUT2D eigenvalue weighted by atomic mass is 9.91. The summed E-state index contributed by atoms with van der Waals surface area (Å²) in [7, 11) is 0. The van der Waals surface area contributed by atoms with Gasteiger partial charge in [-0.1, -0.05) is 37.2 Å². The van der Waals surface area contributed by atoms with E-state index in [2.05, 4.69) is 10.1 Å². The summed E-state index contributed by atoms with van der Waals surface area (Å²) in [4.78, 5) is 32.2. The minimum atomic E-state index is -0.901. The van der Waals surface area contributed by atoms with Crippen LogP contribution in [0.5, 0.6) is 5.75 Å². The molecule has 1 aromatic heterocycles. The Morgan fingerprint density at radius 1 is 1.17 bits per heavy atom. The van der Waals surface area contributed by atoms with E-state index in [0.717, 1.165) is 0 Å². The number of nitrogens with zero attached hydrogens (tertiary/aromatic N) is 3. The van der Waals surface area contributed by atoms with E-state index >= 15 is 0 Å². The van der Waals surface area contributed by atoms with Crippen molar-refractivity contribution in [1.82, 2.24) is 10.1 Å². The van der Waals surface area contributed by atoms with E-state index in [1.165, 1.54) is 4.90 Å². The molecule has 9 heteroatoms. The fourth-order valence-corrected chi connectivity index (χ4v) is 4.11. The van der Waals surface area contributed by atoms with Crippen LogP contribution in [0.1, 0.15) is 37.8 Å². The van der Waals surface area contributed by atoms with Crippen molar-refractivity contribution < 1.29 is 29.1 Å². The smallest absolute Gasteiger partial charge is 0.294 e. The summed E-state index contributed by atoms with van der Waals surface area (Å²) in [6, 6.07) is 13.0. The van der Waals surface area contributed by atoms with Gasteiger partial charge in [-0.15, -0.1) is 0 Å². The lowest BCUT2D eigenvalue weighted by Gasteiger charge is -2.28. The first-order valence-electron chi connectivity index (χ1n) is 11.3. The van der Waals surface area contributed by atoms with Gasteiger partial charge in [0.15, 0.2) is 11.5 Å². The van der Waals surface area contributed by atoms with Crippen molar-refractivity contribution >= 4 is 17.4 Å². The van der Waals surface area contributed by atoms with E-state index in [0.29, 0.717) is 34.3 Å². The summed E-state index contributed by atoms with van der Waals surface area (Å²) < 4.78 is 10.7. The molecule has 2 N–H and O–H groups in total. The Balaban J connectivity index is 1.80. The van der Waals surface area contributed by atoms with Gasteiger partial charge in [-0.05, 0) is 36.2 Å². The molecule has 0 spiro atoms. The molecule has 2 heterocycles. The third kappa shape index (κ3) is 4.81. The summed E-state index contributed by atoms with van der Waals surface area (Å²) in [6.45, 7) is 5.34. The topological polar surface area (TPSA) is 126 Å². The van der Waals surface area contributed by atoms with Crippen molar-refractivity contribution in [1.29, 1.82) is 0 Å². The van der Waals surface area contributed by atoms with Crippen LogP contribution < -0.4 is 9.64 Å². The van der Waals surface area contributed by atoms with Gasteiger partial charge in [0.05, 0.1) is 18.2 Å². The van der Waals surface area contributed by atoms with Gasteiger partial charge in [-0.25, -0.2) is 0 Å². The number of carbonyl (C=O) groups excluding carboxylic acids is 2. The second kappa shape index (κ2) is 10.1. The molecule has 0 saturated carbocycles. The largest absolute Gasteiger partial charge is 0.503 e. The van der Waals surface area contributed by atoms with Gasteiger partial charge in [-0.3, -0.25) is 14.5 Å².